The van der Waals surface area contributed by atoms with E-state index in [0.717, 1.165) is 5.92 Å². The van der Waals surface area contributed by atoms with Crippen LogP contribution >= 0.6 is 0 Å². The van der Waals surface area contributed by atoms with Gasteiger partial charge in [-0.2, -0.15) is 5.10 Å². The Morgan fingerprint density at radius 2 is 2.33 bits per heavy atom. The van der Waals surface area contributed by atoms with E-state index in [9.17, 15) is 0 Å². The van der Waals surface area contributed by atoms with Crippen molar-refractivity contribution in [3.05, 3.63) is 17.5 Å². The second kappa shape index (κ2) is 5.85. The van der Waals surface area contributed by atoms with Gasteiger partial charge in [-0.15, -0.1) is 0 Å². The van der Waals surface area contributed by atoms with Gasteiger partial charge in [-0.1, -0.05) is 26.2 Å². The van der Waals surface area contributed by atoms with Gasteiger partial charge >= 0.3 is 0 Å². The van der Waals surface area contributed by atoms with Gasteiger partial charge in [0.2, 0.25) is 0 Å². The Hall–Kier alpha value is -0.870. The summed E-state index contributed by atoms with van der Waals surface area (Å²) in [5.74, 6) is 7.34. The molecule has 3 N–H and O–H groups in total. The third kappa shape index (κ3) is 2.59. The predicted molar refractivity (Wildman–Crippen MR) is 73.7 cm³/mol. The summed E-state index contributed by atoms with van der Waals surface area (Å²) in [5.41, 5.74) is 5.52. The fraction of sp³-hybridized carbons (Fsp3) is 0.786. The first-order valence-electron chi connectivity index (χ1n) is 7.12. The maximum Gasteiger partial charge on any atom is 0.0540 e. The minimum Gasteiger partial charge on any atom is -0.273 e. The van der Waals surface area contributed by atoms with Gasteiger partial charge in [0.1, 0.15) is 0 Å². The van der Waals surface area contributed by atoms with E-state index in [0.29, 0.717) is 5.92 Å². The van der Waals surface area contributed by atoms with Gasteiger partial charge in [0.05, 0.1) is 12.2 Å². The molecule has 1 saturated carbocycles. The Kier molecular flexibility index (Phi) is 4.40. The highest BCUT2D eigenvalue weighted by molar-refractivity contribution is 5.21. The predicted octanol–water partition coefficient (Wildman–Crippen LogP) is 2.45. The van der Waals surface area contributed by atoms with Gasteiger partial charge in [-0.25, -0.2) is 0 Å². The minimum absolute atomic E-state index is 0.257. The highest BCUT2D eigenvalue weighted by atomic mass is 15.3. The zero-order chi connectivity index (χ0) is 13.1. The summed E-state index contributed by atoms with van der Waals surface area (Å²) in [5, 5.41) is 4.34. The number of hydrogen-bond donors (Lipinski definition) is 2. The lowest BCUT2D eigenvalue weighted by Gasteiger charge is -2.34. The van der Waals surface area contributed by atoms with Gasteiger partial charge in [0.15, 0.2) is 0 Å². The Morgan fingerprint density at radius 1 is 1.56 bits per heavy atom. The molecule has 102 valence electrons. The average Bonchev–Trinajstić information content (AvgIpc) is 2.72. The molecule has 0 aromatic carbocycles. The molecule has 0 saturated heterocycles. The highest BCUT2D eigenvalue weighted by Crippen LogP contribution is 2.38. The summed E-state index contributed by atoms with van der Waals surface area (Å²) in [6.45, 7) is 4.42. The molecule has 1 aliphatic carbocycles. The van der Waals surface area contributed by atoms with Crippen molar-refractivity contribution in [1.29, 1.82) is 0 Å². The van der Waals surface area contributed by atoms with E-state index in [-0.39, 0.29) is 6.04 Å². The first-order chi connectivity index (χ1) is 8.67. The molecular formula is C14H26N4. The standard InChI is InChI=1S/C14H26N4/c1-4-11-6-5-7-12(8-11)14(17-15)13-9-16-18(3)10(13)2/h9,11-12,14,17H,4-8,15H2,1-3H3. The van der Waals surface area contributed by atoms with Crippen molar-refractivity contribution in [2.45, 2.75) is 52.0 Å². The zero-order valence-electron chi connectivity index (χ0n) is 11.8. The van der Waals surface area contributed by atoms with Crippen molar-refractivity contribution in [1.82, 2.24) is 15.2 Å². The SMILES string of the molecule is CCC1CCCC(C(NN)c2cnn(C)c2C)C1. The third-order valence-corrected chi connectivity index (χ3v) is 4.66. The molecule has 4 nitrogen and oxygen atoms in total. The molecule has 0 spiro atoms. The number of nitrogens with two attached hydrogens (primary N) is 1. The summed E-state index contributed by atoms with van der Waals surface area (Å²) < 4.78 is 1.93. The lowest BCUT2D eigenvalue weighted by atomic mass is 9.75. The number of aryl methyl sites for hydroxylation is 1. The summed E-state index contributed by atoms with van der Waals surface area (Å²) >= 11 is 0. The van der Waals surface area contributed by atoms with Crippen LogP contribution in [-0.2, 0) is 7.05 Å². The molecule has 1 fully saturated rings. The van der Waals surface area contributed by atoms with Crippen LogP contribution < -0.4 is 11.3 Å². The van der Waals surface area contributed by atoms with Crippen molar-refractivity contribution in [2.24, 2.45) is 24.7 Å². The fourth-order valence-electron chi connectivity index (χ4n) is 3.31. The summed E-state index contributed by atoms with van der Waals surface area (Å²) in [7, 11) is 1.99. The van der Waals surface area contributed by atoms with Crippen molar-refractivity contribution in [3.63, 3.8) is 0 Å². The Balaban J connectivity index is 2.15. The molecule has 0 aliphatic heterocycles. The normalized spacial score (nSPS) is 26.2. The van der Waals surface area contributed by atoms with E-state index in [1.165, 1.54) is 43.4 Å². The van der Waals surface area contributed by atoms with Crippen LogP contribution in [0, 0.1) is 18.8 Å². The molecule has 0 radical (unpaired) electrons. The molecule has 0 amide bonds. The van der Waals surface area contributed by atoms with Crippen molar-refractivity contribution in [3.8, 4) is 0 Å². The molecule has 3 unspecified atom stereocenters. The Morgan fingerprint density at radius 3 is 2.89 bits per heavy atom. The van der Waals surface area contributed by atoms with E-state index >= 15 is 0 Å². The van der Waals surface area contributed by atoms with Gasteiger partial charge in [0.25, 0.3) is 0 Å². The minimum atomic E-state index is 0.257. The molecule has 1 heterocycles. The van der Waals surface area contributed by atoms with Crippen LogP contribution in [0.4, 0.5) is 0 Å². The number of nitrogens with one attached hydrogen (secondary N) is 1. The Labute approximate surface area is 110 Å². The quantitative estimate of drug-likeness (QED) is 0.637. The summed E-state index contributed by atoms with van der Waals surface area (Å²) in [6.07, 6.45) is 8.55. The zero-order valence-corrected chi connectivity index (χ0v) is 11.8. The van der Waals surface area contributed by atoms with E-state index < -0.39 is 0 Å². The van der Waals surface area contributed by atoms with Crippen LogP contribution in [0.5, 0.6) is 0 Å². The van der Waals surface area contributed by atoms with Crippen molar-refractivity contribution < 1.29 is 0 Å². The van der Waals surface area contributed by atoms with Crippen LogP contribution in [0.1, 0.15) is 56.3 Å². The van der Waals surface area contributed by atoms with Gasteiger partial charge in [0, 0.05) is 18.3 Å². The molecule has 2 rings (SSSR count). The average molecular weight is 250 g/mol. The lowest BCUT2D eigenvalue weighted by Crippen LogP contribution is -2.36. The molecule has 1 aromatic heterocycles. The maximum absolute atomic E-state index is 5.81. The Bertz CT molecular complexity index is 385. The number of aromatic nitrogens is 2. The molecular weight excluding hydrogens is 224 g/mol. The van der Waals surface area contributed by atoms with E-state index in [1.807, 2.05) is 17.9 Å². The molecule has 18 heavy (non-hydrogen) atoms. The van der Waals surface area contributed by atoms with Gasteiger partial charge in [-0.05, 0) is 31.6 Å². The first-order valence-corrected chi connectivity index (χ1v) is 7.12. The molecule has 1 aromatic rings. The summed E-state index contributed by atoms with van der Waals surface area (Å²) in [4.78, 5) is 0. The number of hydrogen-bond acceptors (Lipinski definition) is 3. The first kappa shape index (κ1) is 13.6. The second-order valence-electron chi connectivity index (χ2n) is 5.65. The van der Waals surface area contributed by atoms with Crippen LogP contribution in [-0.4, -0.2) is 9.78 Å². The van der Waals surface area contributed by atoms with Crippen LogP contribution in [0.25, 0.3) is 0 Å². The lowest BCUT2D eigenvalue weighted by molar-refractivity contribution is 0.209. The highest BCUT2D eigenvalue weighted by Gasteiger charge is 2.29. The summed E-state index contributed by atoms with van der Waals surface area (Å²) in [6, 6.07) is 0.257. The smallest absolute Gasteiger partial charge is 0.0540 e. The molecule has 3 atom stereocenters. The van der Waals surface area contributed by atoms with Gasteiger partial charge < -0.3 is 0 Å². The number of nitrogens with zero attached hydrogens (tertiary/aromatic N) is 2. The largest absolute Gasteiger partial charge is 0.273 e. The van der Waals surface area contributed by atoms with Crippen molar-refractivity contribution >= 4 is 0 Å². The van der Waals surface area contributed by atoms with Crippen LogP contribution in [0.3, 0.4) is 0 Å². The third-order valence-electron chi connectivity index (χ3n) is 4.66. The topological polar surface area (TPSA) is 55.9 Å². The van der Waals surface area contributed by atoms with E-state index in [2.05, 4.69) is 24.4 Å². The molecule has 1 aliphatic rings. The number of hydrazine groups is 1. The van der Waals surface area contributed by atoms with Crippen LogP contribution in [0.2, 0.25) is 0 Å². The second-order valence-corrected chi connectivity index (χ2v) is 5.65. The molecule has 0 bridgehead atoms. The van der Waals surface area contributed by atoms with E-state index in [1.54, 1.807) is 0 Å². The molecule has 4 heteroatoms. The monoisotopic (exact) mass is 250 g/mol. The van der Waals surface area contributed by atoms with Gasteiger partial charge in [-0.3, -0.25) is 16.0 Å². The van der Waals surface area contributed by atoms with Crippen LogP contribution in [0.15, 0.2) is 6.20 Å². The fourth-order valence-corrected chi connectivity index (χ4v) is 3.31. The van der Waals surface area contributed by atoms with E-state index in [4.69, 9.17) is 5.84 Å². The maximum atomic E-state index is 5.81. The number of rotatable bonds is 4. The van der Waals surface area contributed by atoms with Crippen molar-refractivity contribution in [2.75, 3.05) is 0 Å².